The maximum absolute atomic E-state index is 4.60. The normalized spacial score (nSPS) is 10.2. The van der Waals surface area contributed by atoms with Crippen molar-refractivity contribution in [1.29, 1.82) is 0 Å². The van der Waals surface area contributed by atoms with Crippen LogP contribution in [0.4, 0.5) is 0 Å². The van der Waals surface area contributed by atoms with Crippen LogP contribution in [0.15, 0.2) is 30.3 Å². The molecule has 0 aliphatic heterocycles. The lowest BCUT2D eigenvalue weighted by atomic mass is 10.0. The van der Waals surface area contributed by atoms with E-state index < -0.39 is 0 Å². The molecule has 0 aliphatic rings. The highest BCUT2D eigenvalue weighted by Crippen LogP contribution is 2.24. The van der Waals surface area contributed by atoms with Gasteiger partial charge >= 0.3 is 0 Å². The number of aromatic nitrogens is 2. The predicted molar refractivity (Wildman–Crippen MR) is 85.7 cm³/mol. The van der Waals surface area contributed by atoms with E-state index in [1.807, 2.05) is 46.1 Å². The third kappa shape index (κ3) is 4.14. The van der Waals surface area contributed by atoms with Crippen molar-refractivity contribution in [3.05, 3.63) is 47.5 Å². The van der Waals surface area contributed by atoms with Gasteiger partial charge in [-0.25, -0.2) is 9.97 Å². The standard InChI is InChI=1S/C15H19N3.C2H6/c1-11-15(13-8-6-5-7-9-13)12(2)17-14(16-11)10-18(3)4;1-2/h5-9H,10H2,1-4H3;1-2H3. The Kier molecular flexibility index (Phi) is 6.32. The Bertz CT molecular complexity index is 510. The Morgan fingerprint density at radius 2 is 1.40 bits per heavy atom. The summed E-state index contributed by atoms with van der Waals surface area (Å²) in [6, 6.07) is 10.3. The van der Waals surface area contributed by atoms with Crippen LogP contribution in [0.3, 0.4) is 0 Å². The minimum absolute atomic E-state index is 0.775. The molecule has 20 heavy (non-hydrogen) atoms. The van der Waals surface area contributed by atoms with Crippen molar-refractivity contribution in [2.75, 3.05) is 14.1 Å². The second-order valence-electron chi connectivity index (χ2n) is 4.79. The van der Waals surface area contributed by atoms with Crippen LogP contribution in [0, 0.1) is 13.8 Å². The second kappa shape index (κ2) is 7.75. The molecule has 2 rings (SSSR count). The van der Waals surface area contributed by atoms with E-state index in [2.05, 4.69) is 40.8 Å². The molecule has 3 heteroatoms. The summed E-state index contributed by atoms with van der Waals surface area (Å²) in [4.78, 5) is 11.3. The molecule has 0 fully saturated rings. The zero-order valence-corrected chi connectivity index (χ0v) is 13.4. The SMILES string of the molecule is CC.Cc1nc(CN(C)C)nc(C)c1-c1ccccc1. The number of benzene rings is 1. The average molecular weight is 271 g/mol. The Morgan fingerprint density at radius 3 is 1.85 bits per heavy atom. The van der Waals surface area contributed by atoms with Crippen LogP contribution in [0.25, 0.3) is 11.1 Å². The van der Waals surface area contributed by atoms with Gasteiger partial charge in [-0.15, -0.1) is 0 Å². The highest BCUT2D eigenvalue weighted by Gasteiger charge is 2.10. The molecule has 2 aromatic rings. The molecule has 0 spiro atoms. The summed E-state index contributed by atoms with van der Waals surface area (Å²) in [7, 11) is 4.05. The smallest absolute Gasteiger partial charge is 0.142 e. The van der Waals surface area contributed by atoms with E-state index in [1.165, 1.54) is 5.56 Å². The fraction of sp³-hybridized carbons (Fsp3) is 0.412. The molecule has 0 radical (unpaired) electrons. The van der Waals surface area contributed by atoms with Gasteiger partial charge in [0, 0.05) is 17.0 Å². The summed E-state index contributed by atoms with van der Waals surface area (Å²) in [5, 5.41) is 0. The maximum Gasteiger partial charge on any atom is 0.142 e. The highest BCUT2D eigenvalue weighted by atomic mass is 15.1. The lowest BCUT2D eigenvalue weighted by Gasteiger charge is -2.13. The van der Waals surface area contributed by atoms with E-state index in [1.54, 1.807) is 0 Å². The molecular formula is C17H25N3. The molecule has 0 bridgehead atoms. The van der Waals surface area contributed by atoms with Gasteiger partial charge in [-0.05, 0) is 33.5 Å². The predicted octanol–water partition coefficient (Wildman–Crippen LogP) is 3.85. The molecule has 0 amide bonds. The highest BCUT2D eigenvalue weighted by molar-refractivity contribution is 5.67. The summed E-state index contributed by atoms with van der Waals surface area (Å²) in [6.07, 6.45) is 0. The van der Waals surface area contributed by atoms with Gasteiger partial charge in [0.2, 0.25) is 0 Å². The number of nitrogens with zero attached hydrogens (tertiary/aromatic N) is 3. The zero-order chi connectivity index (χ0) is 15.1. The third-order valence-corrected chi connectivity index (χ3v) is 2.84. The van der Waals surface area contributed by atoms with Crippen LogP contribution in [0.5, 0.6) is 0 Å². The number of aryl methyl sites for hydroxylation is 2. The van der Waals surface area contributed by atoms with E-state index >= 15 is 0 Å². The molecule has 0 unspecified atom stereocenters. The van der Waals surface area contributed by atoms with E-state index in [0.717, 1.165) is 29.3 Å². The van der Waals surface area contributed by atoms with Crippen molar-refractivity contribution in [1.82, 2.24) is 14.9 Å². The minimum atomic E-state index is 0.775. The van der Waals surface area contributed by atoms with E-state index in [-0.39, 0.29) is 0 Å². The van der Waals surface area contributed by atoms with E-state index in [4.69, 9.17) is 0 Å². The Labute approximate surface area is 122 Å². The van der Waals surface area contributed by atoms with Gasteiger partial charge < -0.3 is 4.90 Å². The van der Waals surface area contributed by atoms with Gasteiger partial charge in [0.1, 0.15) is 5.82 Å². The van der Waals surface area contributed by atoms with Gasteiger partial charge in [-0.2, -0.15) is 0 Å². The summed E-state index contributed by atoms with van der Waals surface area (Å²) in [6.45, 7) is 8.88. The average Bonchev–Trinajstić information content (AvgIpc) is 2.40. The number of rotatable bonds is 3. The number of hydrogen-bond donors (Lipinski definition) is 0. The first-order valence-corrected chi connectivity index (χ1v) is 7.12. The number of hydrogen-bond acceptors (Lipinski definition) is 3. The van der Waals surface area contributed by atoms with Gasteiger partial charge in [0.15, 0.2) is 0 Å². The fourth-order valence-corrected chi connectivity index (χ4v) is 2.16. The van der Waals surface area contributed by atoms with Gasteiger partial charge in [-0.1, -0.05) is 44.2 Å². The van der Waals surface area contributed by atoms with Crippen LogP contribution in [-0.4, -0.2) is 29.0 Å². The summed E-state index contributed by atoms with van der Waals surface area (Å²) >= 11 is 0. The van der Waals surface area contributed by atoms with Gasteiger partial charge in [0.05, 0.1) is 6.54 Å². The summed E-state index contributed by atoms with van der Waals surface area (Å²) in [5.74, 6) is 0.884. The lowest BCUT2D eigenvalue weighted by Crippen LogP contribution is -2.14. The Hall–Kier alpha value is -1.74. The summed E-state index contributed by atoms with van der Waals surface area (Å²) < 4.78 is 0. The summed E-state index contributed by atoms with van der Waals surface area (Å²) in [5.41, 5.74) is 4.43. The van der Waals surface area contributed by atoms with Crippen molar-refractivity contribution >= 4 is 0 Å². The van der Waals surface area contributed by atoms with Crippen LogP contribution >= 0.6 is 0 Å². The molecule has 0 saturated heterocycles. The third-order valence-electron chi connectivity index (χ3n) is 2.84. The molecule has 0 N–H and O–H groups in total. The molecule has 3 nitrogen and oxygen atoms in total. The molecule has 1 aromatic heterocycles. The first-order chi connectivity index (χ1) is 9.58. The van der Waals surface area contributed by atoms with E-state index in [9.17, 15) is 0 Å². The van der Waals surface area contributed by atoms with Crippen molar-refractivity contribution in [3.8, 4) is 11.1 Å². The van der Waals surface area contributed by atoms with Crippen LogP contribution in [0.1, 0.15) is 31.1 Å². The Balaban J connectivity index is 0.000000956. The van der Waals surface area contributed by atoms with Crippen LogP contribution in [-0.2, 0) is 6.54 Å². The van der Waals surface area contributed by atoms with Crippen molar-refractivity contribution in [2.45, 2.75) is 34.2 Å². The zero-order valence-electron chi connectivity index (χ0n) is 13.4. The molecule has 1 heterocycles. The quantitative estimate of drug-likeness (QED) is 0.849. The minimum Gasteiger partial charge on any atom is -0.302 e. The van der Waals surface area contributed by atoms with Crippen molar-refractivity contribution in [3.63, 3.8) is 0 Å². The molecule has 0 atom stereocenters. The van der Waals surface area contributed by atoms with Crippen molar-refractivity contribution in [2.24, 2.45) is 0 Å². The largest absolute Gasteiger partial charge is 0.302 e. The van der Waals surface area contributed by atoms with Crippen LogP contribution in [0.2, 0.25) is 0 Å². The molecule has 1 aromatic carbocycles. The first-order valence-electron chi connectivity index (χ1n) is 7.12. The van der Waals surface area contributed by atoms with Crippen molar-refractivity contribution < 1.29 is 0 Å². The second-order valence-corrected chi connectivity index (χ2v) is 4.79. The van der Waals surface area contributed by atoms with Crippen LogP contribution < -0.4 is 0 Å². The molecule has 108 valence electrons. The maximum atomic E-state index is 4.60. The van der Waals surface area contributed by atoms with Gasteiger partial charge in [0.25, 0.3) is 0 Å². The topological polar surface area (TPSA) is 29.0 Å². The van der Waals surface area contributed by atoms with E-state index in [0.29, 0.717) is 0 Å². The molecule has 0 aliphatic carbocycles. The molecule has 0 saturated carbocycles. The Morgan fingerprint density at radius 1 is 0.900 bits per heavy atom. The fourth-order valence-electron chi connectivity index (χ4n) is 2.16. The lowest BCUT2D eigenvalue weighted by molar-refractivity contribution is 0.389. The monoisotopic (exact) mass is 271 g/mol. The van der Waals surface area contributed by atoms with Gasteiger partial charge in [-0.3, -0.25) is 0 Å². The first kappa shape index (κ1) is 16.3. The molecular weight excluding hydrogens is 246 g/mol.